The van der Waals surface area contributed by atoms with Crippen LogP contribution in [0.25, 0.3) is 0 Å². The molecule has 1 aromatic rings. The molecule has 0 aromatic heterocycles. The highest BCUT2D eigenvalue weighted by molar-refractivity contribution is 7.89. The average Bonchev–Trinajstić information content (AvgIpc) is 2.41. The van der Waals surface area contributed by atoms with Crippen molar-refractivity contribution >= 4 is 15.9 Å². The van der Waals surface area contributed by atoms with Gasteiger partial charge in [-0.25, -0.2) is 13.1 Å². The standard InChI is InChI=1S/C17H28N2O4S/c1-13(2)23-15-7-9-16(10-8-15)24(21,22)18-11-12-19(14(3)20)17(4,5)6/h7-10,13,18H,11-12H2,1-6H3. The van der Waals surface area contributed by atoms with Crippen molar-refractivity contribution in [3.05, 3.63) is 24.3 Å². The number of benzene rings is 1. The van der Waals surface area contributed by atoms with Gasteiger partial charge in [-0.2, -0.15) is 0 Å². The number of hydrogen-bond acceptors (Lipinski definition) is 4. The SMILES string of the molecule is CC(=O)N(CCNS(=O)(=O)c1ccc(OC(C)C)cc1)C(C)(C)C. The predicted molar refractivity (Wildman–Crippen MR) is 94.5 cm³/mol. The zero-order valence-corrected chi connectivity index (χ0v) is 16.1. The van der Waals surface area contributed by atoms with Crippen LogP contribution in [0.3, 0.4) is 0 Å². The van der Waals surface area contributed by atoms with Crippen molar-refractivity contribution in [1.82, 2.24) is 9.62 Å². The number of nitrogens with one attached hydrogen (secondary N) is 1. The Morgan fingerprint density at radius 3 is 2.17 bits per heavy atom. The van der Waals surface area contributed by atoms with Crippen LogP contribution < -0.4 is 9.46 Å². The van der Waals surface area contributed by atoms with E-state index in [-0.39, 0.29) is 29.0 Å². The first-order valence-electron chi connectivity index (χ1n) is 7.98. The molecule has 0 aliphatic heterocycles. The third-order valence-electron chi connectivity index (χ3n) is 3.32. The monoisotopic (exact) mass is 356 g/mol. The molecular formula is C17H28N2O4S. The number of nitrogens with zero attached hydrogens (tertiary/aromatic N) is 1. The van der Waals surface area contributed by atoms with Crippen LogP contribution in [0, 0.1) is 0 Å². The summed E-state index contributed by atoms with van der Waals surface area (Å²) in [4.78, 5) is 13.5. The van der Waals surface area contributed by atoms with Gasteiger partial charge in [0.05, 0.1) is 11.0 Å². The van der Waals surface area contributed by atoms with Crippen molar-refractivity contribution in [1.29, 1.82) is 0 Å². The molecule has 0 fully saturated rings. The summed E-state index contributed by atoms with van der Waals surface area (Å²) in [7, 11) is -3.62. The van der Waals surface area contributed by atoms with Crippen molar-refractivity contribution in [3.8, 4) is 5.75 Å². The third kappa shape index (κ3) is 6.13. The molecule has 1 amide bonds. The summed E-state index contributed by atoms with van der Waals surface area (Å²) < 4.78 is 32.7. The maximum absolute atomic E-state index is 12.3. The lowest BCUT2D eigenvalue weighted by Gasteiger charge is -2.35. The molecule has 0 atom stereocenters. The quantitative estimate of drug-likeness (QED) is 0.814. The molecule has 0 saturated carbocycles. The lowest BCUT2D eigenvalue weighted by Crippen LogP contribution is -2.48. The smallest absolute Gasteiger partial charge is 0.240 e. The number of sulfonamides is 1. The fourth-order valence-electron chi connectivity index (χ4n) is 2.31. The van der Waals surface area contributed by atoms with Crippen LogP contribution in [0.2, 0.25) is 0 Å². The fourth-order valence-corrected chi connectivity index (χ4v) is 3.33. The molecule has 0 bridgehead atoms. The number of hydrogen-bond donors (Lipinski definition) is 1. The van der Waals surface area contributed by atoms with Crippen LogP contribution in [0.1, 0.15) is 41.5 Å². The zero-order chi connectivity index (χ0) is 18.5. The number of carbonyl (C=O) groups excluding carboxylic acids is 1. The molecule has 1 N–H and O–H groups in total. The van der Waals surface area contributed by atoms with Gasteiger partial charge in [-0.3, -0.25) is 4.79 Å². The van der Waals surface area contributed by atoms with Gasteiger partial charge in [-0.15, -0.1) is 0 Å². The Labute approximate surface area is 145 Å². The zero-order valence-electron chi connectivity index (χ0n) is 15.3. The van der Waals surface area contributed by atoms with E-state index < -0.39 is 10.0 Å². The molecule has 136 valence electrons. The highest BCUT2D eigenvalue weighted by atomic mass is 32.2. The predicted octanol–water partition coefficient (Wildman–Crippen LogP) is 2.40. The highest BCUT2D eigenvalue weighted by Crippen LogP contribution is 2.17. The van der Waals surface area contributed by atoms with Crippen molar-refractivity contribution in [2.45, 2.75) is 58.1 Å². The fraction of sp³-hybridized carbons (Fsp3) is 0.588. The molecule has 0 aliphatic rings. The number of rotatable bonds is 7. The van der Waals surface area contributed by atoms with Crippen molar-refractivity contribution in [2.24, 2.45) is 0 Å². The van der Waals surface area contributed by atoms with Crippen LogP contribution in [0.4, 0.5) is 0 Å². The maximum atomic E-state index is 12.3. The molecule has 1 rings (SSSR count). The van der Waals surface area contributed by atoms with Gasteiger partial charge >= 0.3 is 0 Å². The molecule has 0 heterocycles. The van der Waals surface area contributed by atoms with Gasteiger partial charge in [-0.1, -0.05) is 0 Å². The second-order valence-corrected chi connectivity index (χ2v) is 8.64. The van der Waals surface area contributed by atoms with E-state index in [1.165, 1.54) is 19.1 Å². The first kappa shape index (κ1) is 20.4. The van der Waals surface area contributed by atoms with Gasteiger partial charge in [0.25, 0.3) is 0 Å². The second-order valence-electron chi connectivity index (χ2n) is 6.88. The summed E-state index contributed by atoms with van der Waals surface area (Å²) >= 11 is 0. The van der Waals surface area contributed by atoms with Crippen LogP contribution in [0.5, 0.6) is 5.75 Å². The minimum Gasteiger partial charge on any atom is -0.491 e. The molecule has 6 nitrogen and oxygen atoms in total. The van der Waals surface area contributed by atoms with Gasteiger partial charge in [-0.05, 0) is 58.9 Å². The van der Waals surface area contributed by atoms with Gasteiger partial charge in [0.15, 0.2) is 0 Å². The normalized spacial score (nSPS) is 12.3. The molecule has 1 aromatic carbocycles. The third-order valence-corrected chi connectivity index (χ3v) is 4.80. The minimum atomic E-state index is -3.62. The van der Waals surface area contributed by atoms with Gasteiger partial charge in [0, 0.05) is 25.6 Å². The minimum absolute atomic E-state index is 0.0283. The van der Waals surface area contributed by atoms with E-state index in [0.29, 0.717) is 12.3 Å². The Morgan fingerprint density at radius 2 is 1.75 bits per heavy atom. The van der Waals surface area contributed by atoms with Gasteiger partial charge < -0.3 is 9.64 Å². The van der Waals surface area contributed by atoms with E-state index in [1.807, 2.05) is 34.6 Å². The van der Waals surface area contributed by atoms with Gasteiger partial charge in [0.1, 0.15) is 5.75 Å². The van der Waals surface area contributed by atoms with Crippen LogP contribution >= 0.6 is 0 Å². The summed E-state index contributed by atoms with van der Waals surface area (Å²) in [6, 6.07) is 6.27. The first-order chi connectivity index (χ1) is 10.9. The molecule has 0 radical (unpaired) electrons. The van der Waals surface area contributed by atoms with E-state index in [2.05, 4.69) is 4.72 Å². The van der Waals surface area contributed by atoms with E-state index >= 15 is 0 Å². The first-order valence-corrected chi connectivity index (χ1v) is 9.46. The number of amides is 1. The number of ether oxygens (including phenoxy) is 1. The Morgan fingerprint density at radius 1 is 1.21 bits per heavy atom. The topological polar surface area (TPSA) is 75.7 Å². The van der Waals surface area contributed by atoms with Crippen LogP contribution in [0.15, 0.2) is 29.2 Å². The van der Waals surface area contributed by atoms with E-state index in [9.17, 15) is 13.2 Å². The molecular weight excluding hydrogens is 328 g/mol. The van der Waals surface area contributed by atoms with Crippen LogP contribution in [-0.4, -0.2) is 44.0 Å². The van der Waals surface area contributed by atoms with E-state index in [1.54, 1.807) is 17.0 Å². The van der Waals surface area contributed by atoms with E-state index in [0.717, 1.165) is 0 Å². The number of carbonyl (C=O) groups is 1. The molecule has 7 heteroatoms. The van der Waals surface area contributed by atoms with E-state index in [4.69, 9.17) is 4.74 Å². The highest BCUT2D eigenvalue weighted by Gasteiger charge is 2.24. The molecule has 24 heavy (non-hydrogen) atoms. The Kier molecular flexibility index (Phi) is 6.80. The molecule has 0 aliphatic carbocycles. The largest absolute Gasteiger partial charge is 0.491 e. The Balaban J connectivity index is 2.71. The Hall–Kier alpha value is -1.60. The molecule has 0 unspecified atom stereocenters. The lowest BCUT2D eigenvalue weighted by molar-refractivity contribution is -0.133. The van der Waals surface area contributed by atoms with Crippen molar-refractivity contribution in [3.63, 3.8) is 0 Å². The summed E-state index contributed by atoms with van der Waals surface area (Å²) in [5.74, 6) is 0.538. The molecule has 0 spiro atoms. The van der Waals surface area contributed by atoms with Crippen molar-refractivity contribution in [2.75, 3.05) is 13.1 Å². The second kappa shape index (κ2) is 7.98. The average molecular weight is 356 g/mol. The lowest BCUT2D eigenvalue weighted by atomic mass is 10.1. The summed E-state index contributed by atoms with van der Waals surface area (Å²) in [6.45, 7) is 11.5. The maximum Gasteiger partial charge on any atom is 0.240 e. The van der Waals surface area contributed by atoms with Crippen LogP contribution in [-0.2, 0) is 14.8 Å². The molecule has 0 saturated heterocycles. The van der Waals surface area contributed by atoms with Crippen molar-refractivity contribution < 1.29 is 17.9 Å². The summed E-state index contributed by atoms with van der Waals surface area (Å²) in [6.07, 6.45) is 0.0283. The summed E-state index contributed by atoms with van der Waals surface area (Å²) in [5.41, 5.74) is -0.354. The Bertz CT molecular complexity index is 646. The summed E-state index contributed by atoms with van der Waals surface area (Å²) in [5, 5.41) is 0. The van der Waals surface area contributed by atoms with Gasteiger partial charge in [0.2, 0.25) is 15.9 Å².